The Bertz CT molecular complexity index is 742. The number of carboxylic acids is 1. The van der Waals surface area contributed by atoms with E-state index in [1.54, 1.807) is 6.07 Å². The molecule has 1 saturated heterocycles. The van der Waals surface area contributed by atoms with Gasteiger partial charge in [-0.25, -0.2) is 4.79 Å². The first kappa shape index (κ1) is 17.0. The summed E-state index contributed by atoms with van der Waals surface area (Å²) in [7, 11) is 4.32. The zero-order valence-corrected chi connectivity index (χ0v) is 15.0. The van der Waals surface area contributed by atoms with Crippen molar-refractivity contribution in [1.82, 2.24) is 14.2 Å². The van der Waals surface area contributed by atoms with E-state index in [1.165, 1.54) is 18.4 Å². The average molecular weight is 329 g/mol. The topological polar surface area (TPSA) is 48.2 Å². The Balaban J connectivity index is 1.81. The van der Waals surface area contributed by atoms with Gasteiger partial charge in [0.05, 0.1) is 5.56 Å². The molecule has 1 fully saturated rings. The Morgan fingerprint density at radius 1 is 1.25 bits per heavy atom. The molecular formula is C19H27N3O2. The molecule has 2 aromatic rings. The van der Waals surface area contributed by atoms with E-state index in [0.717, 1.165) is 24.2 Å². The van der Waals surface area contributed by atoms with Crippen molar-refractivity contribution in [2.75, 3.05) is 27.2 Å². The number of carboxylic acid groups (broad SMARTS) is 1. The standard InChI is InChI=1S/C19H27N3O2/c1-13-11-22-12-15(9-17(22)10-18(13)19(23)24)14(2)21-7-5-16(6-8-21)20(3)4/h9-12,14,16H,5-8H2,1-4H3,(H,23,24). The number of aromatic nitrogens is 1. The number of hydrogen-bond donors (Lipinski definition) is 1. The Morgan fingerprint density at radius 2 is 1.92 bits per heavy atom. The molecule has 5 nitrogen and oxygen atoms in total. The summed E-state index contributed by atoms with van der Waals surface area (Å²) in [4.78, 5) is 16.2. The fourth-order valence-electron chi connectivity index (χ4n) is 3.74. The zero-order chi connectivity index (χ0) is 17.4. The van der Waals surface area contributed by atoms with E-state index >= 15 is 0 Å². The molecule has 130 valence electrons. The number of carbonyl (C=O) groups is 1. The first-order chi connectivity index (χ1) is 11.4. The average Bonchev–Trinajstić information content (AvgIpc) is 2.96. The maximum absolute atomic E-state index is 11.3. The lowest BCUT2D eigenvalue weighted by Gasteiger charge is -2.38. The lowest BCUT2D eigenvalue weighted by Crippen LogP contribution is -2.42. The summed E-state index contributed by atoms with van der Waals surface area (Å²) in [6.07, 6.45) is 6.45. The third-order valence-corrected chi connectivity index (χ3v) is 5.44. The van der Waals surface area contributed by atoms with Crippen LogP contribution in [0.25, 0.3) is 5.52 Å². The number of pyridine rings is 1. The molecule has 0 spiro atoms. The third kappa shape index (κ3) is 3.19. The van der Waals surface area contributed by atoms with Crippen LogP contribution in [-0.4, -0.2) is 58.5 Å². The van der Waals surface area contributed by atoms with E-state index in [1.807, 2.05) is 17.5 Å². The predicted molar refractivity (Wildman–Crippen MR) is 95.8 cm³/mol. The number of piperidine rings is 1. The van der Waals surface area contributed by atoms with Gasteiger partial charge in [-0.2, -0.15) is 0 Å². The van der Waals surface area contributed by atoms with Gasteiger partial charge in [-0.3, -0.25) is 4.90 Å². The van der Waals surface area contributed by atoms with Crippen LogP contribution in [0.5, 0.6) is 0 Å². The van der Waals surface area contributed by atoms with Crippen molar-refractivity contribution < 1.29 is 9.90 Å². The minimum atomic E-state index is -0.864. The van der Waals surface area contributed by atoms with E-state index in [-0.39, 0.29) is 0 Å². The molecule has 5 heteroatoms. The molecule has 0 radical (unpaired) electrons. The van der Waals surface area contributed by atoms with Gasteiger partial charge in [0.2, 0.25) is 0 Å². The molecule has 1 aliphatic rings. The first-order valence-corrected chi connectivity index (χ1v) is 8.63. The van der Waals surface area contributed by atoms with Crippen molar-refractivity contribution in [2.24, 2.45) is 0 Å². The minimum Gasteiger partial charge on any atom is -0.478 e. The Morgan fingerprint density at radius 3 is 2.50 bits per heavy atom. The highest BCUT2D eigenvalue weighted by Gasteiger charge is 2.25. The van der Waals surface area contributed by atoms with Crippen LogP contribution in [0.3, 0.4) is 0 Å². The molecular weight excluding hydrogens is 302 g/mol. The van der Waals surface area contributed by atoms with E-state index in [9.17, 15) is 9.90 Å². The van der Waals surface area contributed by atoms with Gasteiger partial charge >= 0.3 is 5.97 Å². The lowest BCUT2D eigenvalue weighted by molar-refractivity contribution is 0.0696. The molecule has 1 aliphatic heterocycles. The summed E-state index contributed by atoms with van der Waals surface area (Å²) >= 11 is 0. The summed E-state index contributed by atoms with van der Waals surface area (Å²) in [6, 6.07) is 4.92. The van der Waals surface area contributed by atoms with E-state index in [2.05, 4.69) is 43.1 Å². The van der Waals surface area contributed by atoms with Gasteiger partial charge in [0.15, 0.2) is 0 Å². The third-order valence-electron chi connectivity index (χ3n) is 5.44. The predicted octanol–water partition coefficient (Wildman–Crippen LogP) is 3.03. The molecule has 0 bridgehead atoms. The highest BCUT2D eigenvalue weighted by molar-refractivity contribution is 5.90. The molecule has 0 aromatic carbocycles. The van der Waals surface area contributed by atoms with Crippen LogP contribution in [0.15, 0.2) is 24.5 Å². The Labute approximate surface area is 143 Å². The molecule has 3 rings (SSSR count). The summed E-state index contributed by atoms with van der Waals surface area (Å²) in [6.45, 7) is 6.30. The van der Waals surface area contributed by atoms with Gasteiger partial charge in [-0.15, -0.1) is 0 Å². The lowest BCUT2D eigenvalue weighted by atomic mass is 10.0. The first-order valence-electron chi connectivity index (χ1n) is 8.63. The molecule has 0 saturated carbocycles. The molecule has 1 atom stereocenters. The largest absolute Gasteiger partial charge is 0.478 e. The summed E-state index contributed by atoms with van der Waals surface area (Å²) < 4.78 is 2.04. The van der Waals surface area contributed by atoms with E-state index in [0.29, 0.717) is 17.6 Å². The minimum absolute atomic E-state index is 0.349. The fourth-order valence-corrected chi connectivity index (χ4v) is 3.74. The van der Waals surface area contributed by atoms with Gasteiger partial charge in [0.25, 0.3) is 0 Å². The van der Waals surface area contributed by atoms with Crippen LogP contribution >= 0.6 is 0 Å². The smallest absolute Gasteiger partial charge is 0.336 e. The summed E-state index contributed by atoms with van der Waals surface area (Å²) in [5.74, 6) is -0.864. The number of aryl methyl sites for hydroxylation is 1. The quantitative estimate of drug-likeness (QED) is 0.937. The number of aromatic carboxylic acids is 1. The number of rotatable bonds is 4. The van der Waals surface area contributed by atoms with E-state index < -0.39 is 5.97 Å². The highest BCUT2D eigenvalue weighted by Crippen LogP contribution is 2.27. The second kappa shape index (κ2) is 6.57. The van der Waals surface area contributed by atoms with Crippen molar-refractivity contribution in [2.45, 2.75) is 38.8 Å². The van der Waals surface area contributed by atoms with Crippen LogP contribution in [0.4, 0.5) is 0 Å². The van der Waals surface area contributed by atoms with Gasteiger partial charge < -0.3 is 14.4 Å². The van der Waals surface area contributed by atoms with Gasteiger partial charge in [-0.1, -0.05) is 0 Å². The second-order valence-electron chi connectivity index (χ2n) is 7.19. The molecule has 2 aromatic heterocycles. The van der Waals surface area contributed by atoms with Crippen molar-refractivity contribution in [3.63, 3.8) is 0 Å². The monoisotopic (exact) mass is 329 g/mol. The van der Waals surface area contributed by atoms with Crippen molar-refractivity contribution >= 4 is 11.5 Å². The van der Waals surface area contributed by atoms with Gasteiger partial charge in [-0.05, 0) is 64.0 Å². The van der Waals surface area contributed by atoms with Gasteiger partial charge in [0.1, 0.15) is 0 Å². The van der Waals surface area contributed by atoms with E-state index in [4.69, 9.17) is 0 Å². The van der Waals surface area contributed by atoms with Crippen molar-refractivity contribution in [3.05, 3.63) is 41.2 Å². The van der Waals surface area contributed by atoms with Crippen LogP contribution < -0.4 is 0 Å². The molecule has 1 N–H and O–H groups in total. The SMILES string of the molecule is Cc1cn2cc(C(C)N3CCC(N(C)C)CC3)cc2cc1C(=O)O. The maximum atomic E-state index is 11.3. The molecule has 24 heavy (non-hydrogen) atoms. The summed E-state index contributed by atoms with van der Waals surface area (Å²) in [5, 5.41) is 9.29. The fraction of sp³-hybridized carbons (Fsp3) is 0.526. The maximum Gasteiger partial charge on any atom is 0.336 e. The molecule has 0 amide bonds. The Kier molecular flexibility index (Phi) is 4.65. The highest BCUT2D eigenvalue weighted by atomic mass is 16.4. The van der Waals surface area contributed by atoms with Crippen LogP contribution in [0, 0.1) is 6.92 Å². The van der Waals surface area contributed by atoms with Crippen molar-refractivity contribution in [3.8, 4) is 0 Å². The molecule has 3 heterocycles. The molecule has 1 unspecified atom stereocenters. The number of nitrogens with zero attached hydrogens (tertiary/aromatic N) is 3. The number of likely N-dealkylation sites (tertiary alicyclic amines) is 1. The second-order valence-corrected chi connectivity index (χ2v) is 7.19. The summed E-state index contributed by atoms with van der Waals surface area (Å²) in [5.41, 5.74) is 3.37. The van der Waals surface area contributed by atoms with Crippen LogP contribution in [0.2, 0.25) is 0 Å². The number of hydrogen-bond acceptors (Lipinski definition) is 3. The molecule has 0 aliphatic carbocycles. The normalized spacial score (nSPS) is 18.4. The van der Waals surface area contributed by atoms with Crippen molar-refractivity contribution in [1.29, 1.82) is 0 Å². The zero-order valence-electron chi connectivity index (χ0n) is 15.0. The Hall–Kier alpha value is -1.85. The van der Waals surface area contributed by atoms with Crippen LogP contribution in [-0.2, 0) is 0 Å². The van der Waals surface area contributed by atoms with Gasteiger partial charge in [0, 0.05) is 43.1 Å². The van der Waals surface area contributed by atoms with Crippen LogP contribution in [0.1, 0.15) is 47.3 Å². The number of fused-ring (bicyclic) bond motifs is 1.